The monoisotopic (exact) mass is 526 g/mol. The Hall–Kier alpha value is -1.88. The van der Waals surface area contributed by atoms with Crippen LogP contribution in [0.15, 0.2) is 40.8 Å². The van der Waals surface area contributed by atoms with Crippen LogP contribution in [0.3, 0.4) is 0 Å². The van der Waals surface area contributed by atoms with Gasteiger partial charge >= 0.3 is 0 Å². The van der Waals surface area contributed by atoms with Crippen molar-refractivity contribution in [2.24, 2.45) is 10.7 Å². The van der Waals surface area contributed by atoms with E-state index in [4.69, 9.17) is 5.73 Å². The number of rotatable bonds is 5. The number of halogens is 1. The molecule has 0 atom stereocenters. The number of hydrogen-bond acceptors (Lipinski definition) is 5. The quantitative estimate of drug-likeness (QED) is 0.281. The molecule has 0 radical (unpaired) electrons. The van der Waals surface area contributed by atoms with Crippen LogP contribution in [-0.4, -0.2) is 61.0 Å². The van der Waals surface area contributed by atoms with Gasteiger partial charge in [-0.25, -0.2) is 4.98 Å². The third kappa shape index (κ3) is 5.19. The molecule has 1 amide bonds. The highest BCUT2D eigenvalue weighted by Gasteiger charge is 2.23. The number of aliphatic imine (C=N–C) groups is 1. The number of guanidine groups is 1. The van der Waals surface area contributed by atoms with E-state index in [9.17, 15) is 4.79 Å². The SMILES string of the molecule is I.NC(=NCCCC(=O)N1CCc2ccccc21)N1CCN(c2nccs2)CC1. The average Bonchev–Trinajstić information content (AvgIpc) is 3.41. The third-order valence-corrected chi connectivity index (χ3v) is 6.14. The van der Waals surface area contributed by atoms with Gasteiger partial charge in [-0.15, -0.1) is 35.3 Å². The third-order valence-electron chi connectivity index (χ3n) is 5.30. The Balaban J connectivity index is 0.00000240. The van der Waals surface area contributed by atoms with Crippen LogP contribution in [-0.2, 0) is 11.2 Å². The molecule has 1 fully saturated rings. The molecule has 2 aliphatic rings. The second-order valence-electron chi connectivity index (χ2n) is 7.06. The minimum atomic E-state index is 0. The molecule has 0 saturated carbocycles. The van der Waals surface area contributed by atoms with E-state index in [0.717, 1.165) is 56.4 Å². The number of anilines is 2. The van der Waals surface area contributed by atoms with Crippen LogP contribution in [0, 0.1) is 0 Å². The van der Waals surface area contributed by atoms with Gasteiger partial charge in [-0.2, -0.15) is 0 Å². The van der Waals surface area contributed by atoms with Crippen molar-refractivity contribution < 1.29 is 4.79 Å². The van der Waals surface area contributed by atoms with Gasteiger partial charge in [-0.1, -0.05) is 18.2 Å². The first kappa shape index (κ1) is 21.8. The molecule has 2 N–H and O–H groups in total. The van der Waals surface area contributed by atoms with Gasteiger partial charge in [-0.3, -0.25) is 9.79 Å². The molecule has 0 aliphatic carbocycles. The number of carbonyl (C=O) groups is 1. The Morgan fingerprint density at radius 3 is 2.72 bits per heavy atom. The summed E-state index contributed by atoms with van der Waals surface area (Å²) in [5, 5.41) is 3.07. The minimum absolute atomic E-state index is 0. The Kier molecular flexibility index (Phi) is 7.70. The topological polar surface area (TPSA) is 78.1 Å². The van der Waals surface area contributed by atoms with Crippen molar-refractivity contribution >= 4 is 58.0 Å². The lowest BCUT2D eigenvalue weighted by Gasteiger charge is -2.35. The first-order chi connectivity index (χ1) is 13.7. The summed E-state index contributed by atoms with van der Waals surface area (Å²) in [4.78, 5) is 27.7. The molecular weight excluding hydrogens is 499 g/mol. The van der Waals surface area contributed by atoms with Crippen LogP contribution in [0.2, 0.25) is 0 Å². The molecule has 4 rings (SSSR count). The van der Waals surface area contributed by atoms with E-state index in [1.807, 2.05) is 34.7 Å². The molecule has 156 valence electrons. The van der Waals surface area contributed by atoms with Crippen molar-refractivity contribution in [1.29, 1.82) is 0 Å². The normalized spacial score (nSPS) is 16.6. The van der Waals surface area contributed by atoms with Crippen LogP contribution in [0.5, 0.6) is 0 Å². The molecule has 2 aromatic rings. The number of aromatic nitrogens is 1. The van der Waals surface area contributed by atoms with Gasteiger partial charge < -0.3 is 20.4 Å². The molecule has 1 saturated heterocycles. The molecule has 3 heterocycles. The first-order valence-corrected chi connectivity index (χ1v) is 10.7. The predicted molar refractivity (Wildman–Crippen MR) is 130 cm³/mol. The predicted octanol–water partition coefficient (Wildman–Crippen LogP) is 2.57. The van der Waals surface area contributed by atoms with E-state index in [-0.39, 0.29) is 29.9 Å². The van der Waals surface area contributed by atoms with E-state index in [2.05, 4.69) is 25.8 Å². The van der Waals surface area contributed by atoms with Crippen molar-refractivity contribution in [2.75, 3.05) is 49.1 Å². The van der Waals surface area contributed by atoms with Crippen LogP contribution >= 0.6 is 35.3 Å². The van der Waals surface area contributed by atoms with Crippen molar-refractivity contribution in [2.45, 2.75) is 19.3 Å². The molecule has 2 aliphatic heterocycles. The van der Waals surface area contributed by atoms with Crippen LogP contribution in [0.25, 0.3) is 0 Å². The molecule has 0 bridgehead atoms. The first-order valence-electron chi connectivity index (χ1n) is 9.80. The standard InChI is InChI=1S/C20H26N6OS.HI/c21-19(24-11-13-25(14-12-24)20-23-9-15-28-20)22-8-3-6-18(27)26-10-7-16-4-1-2-5-17(16)26;/h1-2,4-5,9,15H,3,6-8,10-14H2,(H2,21,22);1H. The second-order valence-corrected chi connectivity index (χ2v) is 7.93. The Morgan fingerprint density at radius 2 is 1.97 bits per heavy atom. The largest absolute Gasteiger partial charge is 0.370 e. The van der Waals surface area contributed by atoms with Crippen molar-refractivity contribution in [1.82, 2.24) is 9.88 Å². The minimum Gasteiger partial charge on any atom is -0.370 e. The van der Waals surface area contributed by atoms with Gasteiger partial charge in [0.25, 0.3) is 0 Å². The van der Waals surface area contributed by atoms with Gasteiger partial charge in [0.15, 0.2) is 11.1 Å². The molecule has 1 aromatic carbocycles. The molecular formula is C20H27IN6OS. The summed E-state index contributed by atoms with van der Waals surface area (Å²) in [7, 11) is 0. The number of amides is 1. The molecule has 7 nitrogen and oxygen atoms in total. The Labute approximate surface area is 192 Å². The lowest BCUT2D eigenvalue weighted by Crippen LogP contribution is -2.51. The summed E-state index contributed by atoms with van der Waals surface area (Å²) in [5.41, 5.74) is 8.49. The fraction of sp³-hybridized carbons (Fsp3) is 0.450. The summed E-state index contributed by atoms with van der Waals surface area (Å²) in [6, 6.07) is 8.15. The lowest BCUT2D eigenvalue weighted by molar-refractivity contribution is -0.118. The highest BCUT2D eigenvalue weighted by Crippen LogP contribution is 2.28. The fourth-order valence-corrected chi connectivity index (χ4v) is 4.45. The van der Waals surface area contributed by atoms with Crippen molar-refractivity contribution in [3.63, 3.8) is 0 Å². The van der Waals surface area contributed by atoms with Gasteiger partial charge in [0.1, 0.15) is 0 Å². The summed E-state index contributed by atoms with van der Waals surface area (Å²) in [6.45, 7) is 4.86. The Morgan fingerprint density at radius 1 is 1.17 bits per heavy atom. The van der Waals surface area contributed by atoms with E-state index < -0.39 is 0 Å². The van der Waals surface area contributed by atoms with E-state index in [1.165, 1.54) is 5.56 Å². The van der Waals surface area contributed by atoms with E-state index >= 15 is 0 Å². The van der Waals surface area contributed by atoms with Gasteiger partial charge in [0.05, 0.1) is 0 Å². The maximum atomic E-state index is 12.5. The molecule has 29 heavy (non-hydrogen) atoms. The molecule has 9 heteroatoms. The summed E-state index contributed by atoms with van der Waals surface area (Å²) in [6.07, 6.45) is 4.00. The number of piperazine rings is 1. The number of para-hydroxylation sites is 1. The zero-order valence-corrected chi connectivity index (χ0v) is 19.5. The molecule has 0 spiro atoms. The zero-order valence-electron chi connectivity index (χ0n) is 16.4. The fourth-order valence-electron chi connectivity index (χ4n) is 3.76. The zero-order chi connectivity index (χ0) is 19.3. The van der Waals surface area contributed by atoms with Gasteiger partial charge in [-0.05, 0) is 24.5 Å². The van der Waals surface area contributed by atoms with E-state index in [0.29, 0.717) is 18.9 Å². The van der Waals surface area contributed by atoms with Crippen LogP contribution < -0.4 is 15.5 Å². The number of carbonyl (C=O) groups excluding carboxylic acids is 1. The summed E-state index contributed by atoms with van der Waals surface area (Å²) >= 11 is 1.66. The van der Waals surface area contributed by atoms with Crippen molar-refractivity contribution in [3.8, 4) is 0 Å². The number of benzene rings is 1. The maximum absolute atomic E-state index is 12.5. The number of fused-ring (bicyclic) bond motifs is 1. The van der Waals surface area contributed by atoms with Crippen molar-refractivity contribution in [3.05, 3.63) is 41.4 Å². The smallest absolute Gasteiger partial charge is 0.227 e. The van der Waals surface area contributed by atoms with Gasteiger partial charge in [0, 0.05) is 63.0 Å². The number of nitrogens with zero attached hydrogens (tertiary/aromatic N) is 5. The van der Waals surface area contributed by atoms with Crippen LogP contribution in [0.4, 0.5) is 10.8 Å². The number of thiazole rings is 1. The molecule has 1 aromatic heterocycles. The highest BCUT2D eigenvalue weighted by atomic mass is 127. The highest BCUT2D eigenvalue weighted by molar-refractivity contribution is 14.0. The van der Waals surface area contributed by atoms with Crippen LogP contribution in [0.1, 0.15) is 18.4 Å². The lowest BCUT2D eigenvalue weighted by atomic mass is 10.2. The number of hydrogen-bond donors (Lipinski definition) is 1. The summed E-state index contributed by atoms with van der Waals surface area (Å²) < 4.78 is 0. The molecule has 0 unspecified atom stereocenters. The van der Waals surface area contributed by atoms with Gasteiger partial charge in [0.2, 0.25) is 5.91 Å². The Bertz CT molecular complexity index is 835. The average molecular weight is 526 g/mol. The van der Waals surface area contributed by atoms with E-state index in [1.54, 1.807) is 11.3 Å². The second kappa shape index (κ2) is 10.2. The summed E-state index contributed by atoms with van der Waals surface area (Å²) in [5.74, 6) is 0.758. The number of nitrogens with two attached hydrogens (primary N) is 1. The maximum Gasteiger partial charge on any atom is 0.227 e.